The van der Waals surface area contributed by atoms with Crippen molar-refractivity contribution in [3.63, 3.8) is 0 Å². The highest BCUT2D eigenvalue weighted by molar-refractivity contribution is 7.99. The van der Waals surface area contributed by atoms with Gasteiger partial charge in [-0.1, -0.05) is 11.8 Å². The molecule has 7 nitrogen and oxygen atoms in total. The summed E-state index contributed by atoms with van der Waals surface area (Å²) in [5.74, 6) is 3.09. The van der Waals surface area contributed by atoms with Crippen molar-refractivity contribution < 1.29 is 9.21 Å². The molecule has 0 N–H and O–H groups in total. The summed E-state index contributed by atoms with van der Waals surface area (Å²) in [6, 6.07) is 4.34. The number of hydrogen-bond acceptors (Lipinski definition) is 6. The minimum absolute atomic E-state index is 0.0684. The molecule has 0 atom stereocenters. The minimum Gasteiger partial charge on any atom is -0.464 e. The average molecular weight is 390 g/mol. The number of amides is 1. The SMILES string of the molecule is Cc1ccc(CN(C)C(=O)CSc2nnc(N3CCCCC3)n2C2CC2)o1. The van der Waals surface area contributed by atoms with Gasteiger partial charge in [-0.3, -0.25) is 9.36 Å². The van der Waals surface area contributed by atoms with Crippen LogP contribution < -0.4 is 4.90 Å². The highest BCUT2D eigenvalue weighted by atomic mass is 32.2. The van der Waals surface area contributed by atoms with Gasteiger partial charge in [0.2, 0.25) is 11.9 Å². The first-order valence-electron chi connectivity index (χ1n) is 9.74. The van der Waals surface area contributed by atoms with Crippen LogP contribution in [0.25, 0.3) is 0 Å². The van der Waals surface area contributed by atoms with Crippen LogP contribution in [-0.2, 0) is 11.3 Å². The summed E-state index contributed by atoms with van der Waals surface area (Å²) in [7, 11) is 1.81. The first-order chi connectivity index (χ1) is 13.1. The topological polar surface area (TPSA) is 67.4 Å². The van der Waals surface area contributed by atoms with E-state index in [0.29, 0.717) is 18.3 Å². The van der Waals surface area contributed by atoms with Crippen molar-refractivity contribution in [3.8, 4) is 0 Å². The lowest BCUT2D eigenvalue weighted by atomic mass is 10.1. The molecule has 4 rings (SSSR count). The number of piperidine rings is 1. The third-order valence-electron chi connectivity index (χ3n) is 5.14. The lowest BCUT2D eigenvalue weighted by Crippen LogP contribution is -2.32. The first kappa shape index (κ1) is 18.4. The van der Waals surface area contributed by atoms with Gasteiger partial charge in [-0.2, -0.15) is 0 Å². The molecule has 146 valence electrons. The molecular weight excluding hydrogens is 362 g/mol. The van der Waals surface area contributed by atoms with Gasteiger partial charge >= 0.3 is 0 Å². The summed E-state index contributed by atoms with van der Waals surface area (Å²) >= 11 is 1.49. The van der Waals surface area contributed by atoms with Gasteiger partial charge in [0, 0.05) is 26.2 Å². The Hall–Kier alpha value is -1.96. The van der Waals surface area contributed by atoms with Crippen molar-refractivity contribution in [1.29, 1.82) is 0 Å². The summed E-state index contributed by atoms with van der Waals surface area (Å²) in [5.41, 5.74) is 0. The van der Waals surface area contributed by atoms with E-state index in [-0.39, 0.29) is 5.91 Å². The highest BCUT2D eigenvalue weighted by Crippen LogP contribution is 2.41. The van der Waals surface area contributed by atoms with Crippen molar-refractivity contribution in [2.45, 2.75) is 56.8 Å². The highest BCUT2D eigenvalue weighted by Gasteiger charge is 2.32. The molecule has 0 unspecified atom stereocenters. The van der Waals surface area contributed by atoms with E-state index >= 15 is 0 Å². The summed E-state index contributed by atoms with van der Waals surface area (Å²) < 4.78 is 7.83. The van der Waals surface area contributed by atoms with Gasteiger partial charge in [-0.05, 0) is 51.2 Å². The number of aryl methyl sites for hydroxylation is 1. The molecule has 0 bridgehead atoms. The van der Waals surface area contributed by atoms with Crippen LogP contribution in [0.2, 0.25) is 0 Å². The number of hydrogen-bond donors (Lipinski definition) is 0. The molecule has 1 aliphatic heterocycles. The standard InChI is InChI=1S/C19H27N5O2S/c1-14-6-9-16(26-14)12-22(2)17(25)13-27-19-21-20-18(24(19)15-7-8-15)23-10-4-3-5-11-23/h6,9,15H,3-5,7-8,10-13H2,1-2H3. The third kappa shape index (κ3) is 4.31. The van der Waals surface area contributed by atoms with E-state index in [1.165, 1.54) is 43.9 Å². The van der Waals surface area contributed by atoms with Crippen LogP contribution in [0, 0.1) is 6.92 Å². The van der Waals surface area contributed by atoms with Gasteiger partial charge in [0.25, 0.3) is 0 Å². The first-order valence-corrected chi connectivity index (χ1v) is 10.7. The number of carbonyl (C=O) groups is 1. The monoisotopic (exact) mass is 389 g/mol. The fourth-order valence-electron chi connectivity index (χ4n) is 3.46. The number of furan rings is 1. The van der Waals surface area contributed by atoms with Gasteiger partial charge in [0.05, 0.1) is 12.3 Å². The third-order valence-corrected chi connectivity index (χ3v) is 6.06. The van der Waals surface area contributed by atoms with Crippen molar-refractivity contribution in [2.75, 3.05) is 30.8 Å². The van der Waals surface area contributed by atoms with Gasteiger partial charge in [0.15, 0.2) is 5.16 Å². The Morgan fingerprint density at radius 1 is 1.26 bits per heavy atom. The number of nitrogens with zero attached hydrogens (tertiary/aromatic N) is 5. The molecule has 2 aromatic rings. The predicted octanol–water partition coefficient (Wildman–Crippen LogP) is 3.26. The summed E-state index contributed by atoms with van der Waals surface area (Å²) in [6.07, 6.45) is 6.09. The molecule has 8 heteroatoms. The van der Waals surface area contributed by atoms with E-state index in [0.717, 1.165) is 35.7 Å². The van der Waals surface area contributed by atoms with Gasteiger partial charge in [-0.25, -0.2) is 0 Å². The molecule has 27 heavy (non-hydrogen) atoms. The summed E-state index contributed by atoms with van der Waals surface area (Å²) in [5, 5.41) is 9.76. The molecule has 2 aromatic heterocycles. The lowest BCUT2D eigenvalue weighted by Gasteiger charge is -2.27. The zero-order valence-corrected chi connectivity index (χ0v) is 16.9. The molecule has 3 heterocycles. The zero-order valence-electron chi connectivity index (χ0n) is 16.1. The molecule has 0 aromatic carbocycles. The van der Waals surface area contributed by atoms with Crippen molar-refractivity contribution >= 4 is 23.6 Å². The fourth-order valence-corrected chi connectivity index (χ4v) is 4.40. The maximum Gasteiger partial charge on any atom is 0.233 e. The van der Waals surface area contributed by atoms with Gasteiger partial charge in [0.1, 0.15) is 11.5 Å². The van der Waals surface area contributed by atoms with Gasteiger partial charge in [-0.15, -0.1) is 10.2 Å². The largest absolute Gasteiger partial charge is 0.464 e. The summed E-state index contributed by atoms with van der Waals surface area (Å²) in [4.78, 5) is 16.6. The van der Waals surface area contributed by atoms with E-state index in [4.69, 9.17) is 4.42 Å². The maximum absolute atomic E-state index is 12.5. The quantitative estimate of drug-likeness (QED) is 0.677. The van der Waals surface area contributed by atoms with Crippen LogP contribution >= 0.6 is 11.8 Å². The molecule has 2 aliphatic rings. The Morgan fingerprint density at radius 2 is 2.04 bits per heavy atom. The molecule has 1 saturated carbocycles. The number of anilines is 1. The van der Waals surface area contributed by atoms with E-state index in [1.807, 2.05) is 26.1 Å². The van der Waals surface area contributed by atoms with Crippen LogP contribution in [0.3, 0.4) is 0 Å². The van der Waals surface area contributed by atoms with E-state index in [2.05, 4.69) is 19.7 Å². The molecule has 0 radical (unpaired) electrons. The molecule has 1 aliphatic carbocycles. The van der Waals surface area contributed by atoms with Crippen LogP contribution in [0.15, 0.2) is 21.7 Å². The van der Waals surface area contributed by atoms with E-state index in [1.54, 1.807) is 4.90 Å². The Labute approximate surface area is 164 Å². The Balaban J connectivity index is 1.39. The molecule has 1 saturated heterocycles. The number of carbonyl (C=O) groups excluding carboxylic acids is 1. The zero-order chi connectivity index (χ0) is 18.8. The number of thioether (sulfide) groups is 1. The van der Waals surface area contributed by atoms with Crippen LogP contribution in [0.4, 0.5) is 5.95 Å². The summed E-state index contributed by atoms with van der Waals surface area (Å²) in [6.45, 7) is 4.51. The molecule has 1 amide bonds. The number of aromatic nitrogens is 3. The van der Waals surface area contributed by atoms with E-state index in [9.17, 15) is 4.79 Å². The second-order valence-electron chi connectivity index (χ2n) is 7.48. The Bertz CT molecular complexity index is 792. The van der Waals surface area contributed by atoms with Crippen LogP contribution in [0.1, 0.15) is 49.7 Å². The predicted molar refractivity (Wildman–Crippen MR) is 105 cm³/mol. The van der Waals surface area contributed by atoms with Gasteiger partial charge < -0.3 is 14.2 Å². The second-order valence-corrected chi connectivity index (χ2v) is 8.42. The average Bonchev–Trinajstić information content (AvgIpc) is 3.30. The maximum atomic E-state index is 12.5. The van der Waals surface area contributed by atoms with Crippen molar-refractivity contribution in [1.82, 2.24) is 19.7 Å². The van der Waals surface area contributed by atoms with E-state index < -0.39 is 0 Å². The molecule has 0 spiro atoms. The van der Waals surface area contributed by atoms with Crippen molar-refractivity contribution in [2.24, 2.45) is 0 Å². The molecule has 2 fully saturated rings. The Kier molecular flexibility index (Phi) is 5.43. The number of rotatable bonds is 7. The second kappa shape index (κ2) is 7.96. The minimum atomic E-state index is 0.0684. The molecular formula is C19H27N5O2S. The van der Waals surface area contributed by atoms with Crippen LogP contribution in [-0.4, -0.2) is 51.5 Å². The lowest BCUT2D eigenvalue weighted by molar-refractivity contribution is -0.127. The smallest absolute Gasteiger partial charge is 0.233 e. The fraction of sp³-hybridized carbons (Fsp3) is 0.632. The van der Waals surface area contributed by atoms with Crippen LogP contribution in [0.5, 0.6) is 0 Å². The normalized spacial score (nSPS) is 17.3. The Morgan fingerprint density at radius 3 is 2.70 bits per heavy atom. The van der Waals surface area contributed by atoms with Crippen molar-refractivity contribution in [3.05, 3.63) is 23.7 Å².